The fourth-order valence-electron chi connectivity index (χ4n) is 3.17. The Hall–Kier alpha value is -1.71. The van der Waals surface area contributed by atoms with Gasteiger partial charge in [0.05, 0.1) is 6.04 Å². The number of aryl methyl sites for hydroxylation is 1. The number of benzene rings is 2. The smallest absolute Gasteiger partial charge is 0.123 e. The molecule has 1 unspecified atom stereocenters. The second kappa shape index (κ2) is 5.96. The molecule has 0 heterocycles. The van der Waals surface area contributed by atoms with Crippen molar-refractivity contribution in [2.45, 2.75) is 38.1 Å². The van der Waals surface area contributed by atoms with Crippen LogP contribution in [-0.4, -0.2) is 0 Å². The molecule has 0 radical (unpaired) electrons. The Labute approximate surface area is 125 Å². The maximum Gasteiger partial charge on any atom is 0.123 e. The third-order valence-corrected chi connectivity index (χ3v) is 4.56. The highest BCUT2D eigenvalue weighted by Gasteiger charge is 2.25. The van der Waals surface area contributed by atoms with E-state index in [9.17, 15) is 4.39 Å². The zero-order valence-corrected chi connectivity index (χ0v) is 12.3. The summed E-state index contributed by atoms with van der Waals surface area (Å²) in [7, 11) is 0. The number of rotatable bonds is 4. The average molecular weight is 284 g/mol. The Morgan fingerprint density at radius 1 is 1.14 bits per heavy atom. The van der Waals surface area contributed by atoms with E-state index >= 15 is 0 Å². The van der Waals surface area contributed by atoms with Crippen LogP contribution in [0.2, 0.25) is 0 Å². The Morgan fingerprint density at radius 3 is 2.52 bits per heavy atom. The molecule has 0 aliphatic heterocycles. The van der Waals surface area contributed by atoms with Crippen molar-refractivity contribution in [1.82, 2.24) is 5.43 Å². The van der Waals surface area contributed by atoms with Crippen LogP contribution in [0.1, 0.15) is 53.5 Å². The Kier molecular flexibility index (Phi) is 4.04. The lowest BCUT2D eigenvalue weighted by Gasteiger charge is -2.31. The largest absolute Gasteiger partial charge is 0.271 e. The molecular weight excluding hydrogens is 263 g/mol. The van der Waals surface area contributed by atoms with Gasteiger partial charge in [-0.15, -0.1) is 0 Å². The van der Waals surface area contributed by atoms with E-state index in [4.69, 9.17) is 5.84 Å². The van der Waals surface area contributed by atoms with Crippen LogP contribution in [0, 0.1) is 12.7 Å². The van der Waals surface area contributed by atoms with Crippen molar-refractivity contribution in [3.63, 3.8) is 0 Å². The number of halogens is 1. The molecule has 2 aromatic carbocycles. The lowest BCUT2D eigenvalue weighted by atomic mass is 9.76. The third kappa shape index (κ3) is 2.71. The van der Waals surface area contributed by atoms with E-state index in [1.165, 1.54) is 36.5 Å². The van der Waals surface area contributed by atoms with Crippen molar-refractivity contribution in [3.8, 4) is 0 Å². The molecule has 3 rings (SSSR count). The highest BCUT2D eigenvalue weighted by molar-refractivity contribution is 5.42. The summed E-state index contributed by atoms with van der Waals surface area (Å²) in [6, 6.07) is 13.2. The van der Waals surface area contributed by atoms with Crippen LogP contribution in [0.5, 0.6) is 0 Å². The molecule has 2 nitrogen and oxygen atoms in total. The minimum atomic E-state index is -0.209. The summed E-state index contributed by atoms with van der Waals surface area (Å²) in [5.41, 5.74) is 7.45. The zero-order chi connectivity index (χ0) is 14.8. The molecule has 0 spiro atoms. The first kappa shape index (κ1) is 14.2. The van der Waals surface area contributed by atoms with Crippen molar-refractivity contribution >= 4 is 0 Å². The van der Waals surface area contributed by atoms with Gasteiger partial charge < -0.3 is 0 Å². The lowest BCUT2D eigenvalue weighted by molar-refractivity contribution is 0.414. The van der Waals surface area contributed by atoms with Gasteiger partial charge in [-0.2, -0.15) is 0 Å². The molecular formula is C18H21FN2. The SMILES string of the molecule is Cc1cc(F)ccc1C(NN)c1ccccc1C1CCC1. The molecule has 3 heteroatoms. The lowest BCUT2D eigenvalue weighted by Crippen LogP contribution is -2.31. The molecule has 3 N–H and O–H groups in total. The number of hydrazine groups is 1. The van der Waals surface area contributed by atoms with E-state index < -0.39 is 0 Å². The normalized spacial score (nSPS) is 16.5. The maximum absolute atomic E-state index is 13.3. The summed E-state index contributed by atoms with van der Waals surface area (Å²) in [6.07, 6.45) is 3.79. The molecule has 0 saturated heterocycles. The molecule has 1 atom stereocenters. The number of nitrogens with two attached hydrogens (primary N) is 1. The Morgan fingerprint density at radius 2 is 1.90 bits per heavy atom. The van der Waals surface area contributed by atoms with E-state index in [-0.39, 0.29) is 11.9 Å². The predicted octanol–water partition coefficient (Wildman–Crippen LogP) is 3.95. The summed E-state index contributed by atoms with van der Waals surface area (Å²) in [6.45, 7) is 1.93. The monoisotopic (exact) mass is 284 g/mol. The van der Waals surface area contributed by atoms with E-state index in [0.717, 1.165) is 11.1 Å². The maximum atomic E-state index is 13.3. The van der Waals surface area contributed by atoms with Crippen molar-refractivity contribution in [2.75, 3.05) is 0 Å². The summed E-state index contributed by atoms with van der Waals surface area (Å²) < 4.78 is 13.3. The van der Waals surface area contributed by atoms with Gasteiger partial charge in [-0.3, -0.25) is 5.84 Å². The van der Waals surface area contributed by atoms with Gasteiger partial charge in [0.1, 0.15) is 5.82 Å². The quantitative estimate of drug-likeness (QED) is 0.659. The van der Waals surface area contributed by atoms with Gasteiger partial charge in [0.15, 0.2) is 0 Å². The topological polar surface area (TPSA) is 38.0 Å². The first-order valence-corrected chi connectivity index (χ1v) is 7.51. The molecule has 2 aromatic rings. The second-order valence-electron chi connectivity index (χ2n) is 5.86. The number of nitrogens with one attached hydrogen (secondary N) is 1. The van der Waals surface area contributed by atoms with Crippen LogP contribution in [0.25, 0.3) is 0 Å². The average Bonchev–Trinajstić information content (AvgIpc) is 2.41. The zero-order valence-electron chi connectivity index (χ0n) is 12.3. The van der Waals surface area contributed by atoms with E-state index in [1.807, 2.05) is 19.1 Å². The van der Waals surface area contributed by atoms with Gasteiger partial charge in [0.2, 0.25) is 0 Å². The van der Waals surface area contributed by atoms with Crippen LogP contribution in [0.4, 0.5) is 4.39 Å². The van der Waals surface area contributed by atoms with E-state index in [0.29, 0.717) is 5.92 Å². The van der Waals surface area contributed by atoms with Crippen LogP contribution in [0.15, 0.2) is 42.5 Å². The predicted molar refractivity (Wildman–Crippen MR) is 83.3 cm³/mol. The van der Waals surface area contributed by atoms with Gasteiger partial charge in [-0.25, -0.2) is 9.82 Å². The summed E-state index contributed by atoms with van der Waals surface area (Å²) in [4.78, 5) is 0. The molecule has 110 valence electrons. The van der Waals surface area contributed by atoms with Crippen LogP contribution >= 0.6 is 0 Å². The molecule has 21 heavy (non-hydrogen) atoms. The highest BCUT2D eigenvalue weighted by atomic mass is 19.1. The van der Waals surface area contributed by atoms with Crippen LogP contribution < -0.4 is 11.3 Å². The fourth-order valence-corrected chi connectivity index (χ4v) is 3.17. The molecule has 0 aromatic heterocycles. The van der Waals surface area contributed by atoms with Crippen molar-refractivity contribution in [3.05, 3.63) is 70.5 Å². The standard InChI is InChI=1S/C18H21FN2/c1-12-11-14(19)9-10-15(12)18(21-20)17-8-3-2-7-16(17)13-5-4-6-13/h2-3,7-11,13,18,21H,4-6,20H2,1H3. The van der Waals surface area contributed by atoms with Crippen LogP contribution in [0.3, 0.4) is 0 Å². The summed E-state index contributed by atoms with van der Waals surface area (Å²) in [5.74, 6) is 6.26. The van der Waals surface area contributed by atoms with Gasteiger partial charge in [0, 0.05) is 0 Å². The minimum absolute atomic E-state index is 0.0950. The molecule has 1 aliphatic carbocycles. The first-order chi connectivity index (χ1) is 10.2. The number of hydrogen-bond acceptors (Lipinski definition) is 2. The third-order valence-electron chi connectivity index (χ3n) is 4.56. The van der Waals surface area contributed by atoms with Crippen molar-refractivity contribution in [1.29, 1.82) is 0 Å². The molecule has 1 saturated carbocycles. The second-order valence-corrected chi connectivity index (χ2v) is 5.86. The Bertz CT molecular complexity index is 635. The molecule has 1 aliphatic rings. The van der Waals surface area contributed by atoms with Crippen molar-refractivity contribution in [2.24, 2.45) is 5.84 Å². The summed E-state index contributed by atoms with van der Waals surface area (Å²) >= 11 is 0. The van der Waals surface area contributed by atoms with Gasteiger partial charge in [-0.1, -0.05) is 36.8 Å². The minimum Gasteiger partial charge on any atom is -0.271 e. The highest BCUT2D eigenvalue weighted by Crippen LogP contribution is 2.40. The summed E-state index contributed by atoms with van der Waals surface area (Å²) in [5, 5.41) is 0. The van der Waals surface area contributed by atoms with E-state index in [2.05, 4.69) is 23.6 Å². The van der Waals surface area contributed by atoms with Gasteiger partial charge >= 0.3 is 0 Å². The number of hydrogen-bond donors (Lipinski definition) is 2. The Balaban J connectivity index is 2.03. The molecule has 1 fully saturated rings. The molecule has 0 amide bonds. The van der Waals surface area contributed by atoms with Crippen molar-refractivity contribution < 1.29 is 4.39 Å². The first-order valence-electron chi connectivity index (χ1n) is 7.51. The van der Waals surface area contributed by atoms with E-state index in [1.54, 1.807) is 6.07 Å². The van der Waals surface area contributed by atoms with Crippen LogP contribution in [-0.2, 0) is 0 Å². The van der Waals surface area contributed by atoms with Gasteiger partial charge in [-0.05, 0) is 60.1 Å². The fraction of sp³-hybridized carbons (Fsp3) is 0.333. The van der Waals surface area contributed by atoms with Gasteiger partial charge in [0.25, 0.3) is 0 Å². The molecule has 0 bridgehead atoms.